The molecular weight excluding hydrogens is 388 g/mol. The van der Waals surface area contributed by atoms with E-state index in [1.54, 1.807) is 0 Å². The van der Waals surface area contributed by atoms with Gasteiger partial charge >= 0.3 is 0 Å². The summed E-state index contributed by atoms with van der Waals surface area (Å²) < 4.78 is 5.80. The molecule has 2 aromatic rings. The number of carbonyl (C=O) groups is 2. The average molecular weight is 423 g/mol. The van der Waals surface area contributed by atoms with Crippen molar-refractivity contribution in [3.63, 3.8) is 0 Å². The van der Waals surface area contributed by atoms with Gasteiger partial charge in [0.1, 0.15) is 0 Å². The minimum atomic E-state index is 0.0347. The largest absolute Gasteiger partial charge is 0.373 e. The summed E-state index contributed by atoms with van der Waals surface area (Å²) in [5.41, 5.74) is 3.12. The summed E-state index contributed by atoms with van der Waals surface area (Å²) in [5.74, 6) is 0.176. The van der Waals surface area contributed by atoms with E-state index in [1.165, 1.54) is 5.56 Å². The van der Waals surface area contributed by atoms with Gasteiger partial charge in [-0.25, -0.2) is 0 Å². The SMILES string of the molecule is C[C@H]1CN(Cc2ccc(CNC(=O)CCCCC(=O)c3ccccc3)cc2)C[C@H](C)O1. The highest BCUT2D eigenvalue weighted by atomic mass is 16.5. The van der Waals surface area contributed by atoms with Crippen LogP contribution < -0.4 is 5.32 Å². The van der Waals surface area contributed by atoms with Crippen LogP contribution in [0.4, 0.5) is 0 Å². The number of Topliss-reactive ketones (excluding diaryl/α,β-unsaturated/α-hetero) is 1. The second-order valence-electron chi connectivity index (χ2n) is 8.54. The van der Waals surface area contributed by atoms with E-state index in [2.05, 4.69) is 48.3 Å². The lowest BCUT2D eigenvalue weighted by Gasteiger charge is -2.35. The van der Waals surface area contributed by atoms with E-state index < -0.39 is 0 Å². The van der Waals surface area contributed by atoms with Gasteiger partial charge in [-0.15, -0.1) is 0 Å². The molecule has 1 fully saturated rings. The summed E-state index contributed by atoms with van der Waals surface area (Å²) in [7, 11) is 0. The fourth-order valence-electron chi connectivity index (χ4n) is 4.06. The van der Waals surface area contributed by atoms with Crippen LogP contribution in [-0.4, -0.2) is 41.9 Å². The number of benzene rings is 2. The second-order valence-corrected chi connectivity index (χ2v) is 8.54. The minimum Gasteiger partial charge on any atom is -0.373 e. The quantitative estimate of drug-likeness (QED) is 0.457. The van der Waals surface area contributed by atoms with Gasteiger partial charge in [0.2, 0.25) is 5.91 Å². The molecule has 1 aliphatic rings. The zero-order chi connectivity index (χ0) is 22.1. The Kier molecular flexibility index (Phi) is 8.80. The van der Waals surface area contributed by atoms with E-state index in [9.17, 15) is 9.59 Å². The van der Waals surface area contributed by atoms with Crippen molar-refractivity contribution in [2.75, 3.05) is 13.1 Å². The third-order valence-corrected chi connectivity index (χ3v) is 5.57. The highest BCUT2D eigenvalue weighted by molar-refractivity contribution is 5.95. The molecule has 1 aliphatic heterocycles. The fraction of sp³-hybridized carbons (Fsp3) is 0.462. The number of morpholine rings is 1. The van der Waals surface area contributed by atoms with Crippen molar-refractivity contribution in [2.24, 2.45) is 0 Å². The third kappa shape index (κ3) is 7.93. The van der Waals surface area contributed by atoms with Crippen molar-refractivity contribution in [1.29, 1.82) is 0 Å². The summed E-state index contributed by atoms with van der Waals surface area (Å²) in [4.78, 5) is 26.6. The molecule has 0 bridgehead atoms. The number of ether oxygens (including phenoxy) is 1. The van der Waals surface area contributed by atoms with Gasteiger partial charge in [-0.1, -0.05) is 54.6 Å². The number of amides is 1. The molecule has 0 saturated carbocycles. The lowest BCUT2D eigenvalue weighted by Crippen LogP contribution is -2.44. The molecule has 5 nitrogen and oxygen atoms in total. The van der Waals surface area contributed by atoms with Gasteiger partial charge in [0.25, 0.3) is 0 Å². The van der Waals surface area contributed by atoms with E-state index in [1.807, 2.05) is 30.3 Å². The first-order valence-corrected chi connectivity index (χ1v) is 11.3. The van der Waals surface area contributed by atoms with Gasteiger partial charge < -0.3 is 10.1 Å². The van der Waals surface area contributed by atoms with E-state index in [0.717, 1.165) is 43.6 Å². The van der Waals surface area contributed by atoms with Crippen LogP contribution in [0.25, 0.3) is 0 Å². The fourth-order valence-corrected chi connectivity index (χ4v) is 4.06. The maximum absolute atomic E-state index is 12.1. The number of hydrogen-bond acceptors (Lipinski definition) is 4. The Morgan fingerprint density at radius 1 is 0.903 bits per heavy atom. The van der Waals surface area contributed by atoms with Gasteiger partial charge in [0, 0.05) is 44.6 Å². The lowest BCUT2D eigenvalue weighted by atomic mass is 10.0. The van der Waals surface area contributed by atoms with Crippen LogP contribution in [0, 0.1) is 0 Å². The zero-order valence-corrected chi connectivity index (χ0v) is 18.7. The van der Waals surface area contributed by atoms with Crippen LogP contribution in [0.3, 0.4) is 0 Å². The van der Waals surface area contributed by atoms with E-state index in [-0.39, 0.29) is 23.9 Å². The smallest absolute Gasteiger partial charge is 0.220 e. The van der Waals surface area contributed by atoms with Crippen molar-refractivity contribution in [1.82, 2.24) is 10.2 Å². The molecule has 0 spiro atoms. The number of nitrogens with one attached hydrogen (secondary N) is 1. The van der Waals surface area contributed by atoms with Crippen molar-refractivity contribution in [2.45, 2.75) is 64.8 Å². The van der Waals surface area contributed by atoms with Gasteiger partial charge in [-0.3, -0.25) is 14.5 Å². The standard InChI is InChI=1S/C26H34N2O3/c1-20-17-28(18-21(2)31-20)19-23-14-12-22(13-15-23)16-27-26(30)11-7-6-10-25(29)24-8-4-3-5-9-24/h3-5,8-9,12-15,20-21H,6-7,10-11,16-19H2,1-2H3,(H,27,30)/t20-,21-/m0/s1. The average Bonchev–Trinajstić information content (AvgIpc) is 2.76. The molecule has 1 N–H and O–H groups in total. The molecule has 2 atom stereocenters. The number of carbonyl (C=O) groups excluding carboxylic acids is 2. The van der Waals surface area contributed by atoms with Crippen LogP contribution in [0.15, 0.2) is 54.6 Å². The number of ketones is 1. The molecular formula is C26H34N2O3. The number of rotatable bonds is 10. The van der Waals surface area contributed by atoms with Gasteiger partial charge in [0.05, 0.1) is 12.2 Å². The molecule has 0 aromatic heterocycles. The van der Waals surface area contributed by atoms with Crippen molar-refractivity contribution >= 4 is 11.7 Å². The number of unbranched alkanes of at least 4 members (excludes halogenated alkanes) is 1. The Morgan fingerprint density at radius 3 is 2.19 bits per heavy atom. The van der Waals surface area contributed by atoms with E-state index >= 15 is 0 Å². The summed E-state index contributed by atoms with van der Waals surface area (Å²) in [6, 6.07) is 17.8. The molecule has 1 saturated heterocycles. The van der Waals surface area contributed by atoms with Crippen LogP contribution in [-0.2, 0) is 22.6 Å². The molecule has 0 unspecified atom stereocenters. The predicted octanol–water partition coefficient (Wildman–Crippen LogP) is 4.36. The number of nitrogens with zero attached hydrogens (tertiary/aromatic N) is 1. The summed E-state index contributed by atoms with van der Waals surface area (Å²) in [6.07, 6.45) is 2.94. The monoisotopic (exact) mass is 422 g/mol. The molecule has 2 aromatic carbocycles. The molecule has 3 rings (SSSR count). The highest BCUT2D eigenvalue weighted by Gasteiger charge is 2.21. The van der Waals surface area contributed by atoms with Gasteiger partial charge in [-0.2, -0.15) is 0 Å². The Labute approximate surface area is 185 Å². The van der Waals surface area contributed by atoms with Crippen LogP contribution >= 0.6 is 0 Å². The van der Waals surface area contributed by atoms with E-state index in [4.69, 9.17) is 4.74 Å². The molecule has 0 radical (unpaired) electrons. The van der Waals surface area contributed by atoms with Crippen molar-refractivity contribution < 1.29 is 14.3 Å². The Balaban J connectivity index is 1.32. The Hall–Kier alpha value is -2.50. The molecule has 31 heavy (non-hydrogen) atoms. The molecule has 5 heteroatoms. The Bertz CT molecular complexity index is 825. The minimum absolute atomic E-state index is 0.0347. The maximum atomic E-state index is 12.1. The van der Waals surface area contributed by atoms with Gasteiger partial charge in [0.15, 0.2) is 5.78 Å². The Morgan fingerprint density at radius 2 is 1.52 bits per heavy atom. The lowest BCUT2D eigenvalue weighted by molar-refractivity contribution is -0.121. The van der Waals surface area contributed by atoms with Crippen molar-refractivity contribution in [3.8, 4) is 0 Å². The van der Waals surface area contributed by atoms with Crippen LogP contribution in [0.2, 0.25) is 0 Å². The summed E-state index contributed by atoms with van der Waals surface area (Å²) in [6.45, 7) is 7.61. The first kappa shape index (κ1) is 23.2. The predicted molar refractivity (Wildman–Crippen MR) is 123 cm³/mol. The molecule has 1 heterocycles. The number of hydrogen-bond donors (Lipinski definition) is 1. The maximum Gasteiger partial charge on any atom is 0.220 e. The molecule has 0 aliphatic carbocycles. The zero-order valence-electron chi connectivity index (χ0n) is 18.7. The van der Waals surface area contributed by atoms with Crippen molar-refractivity contribution in [3.05, 3.63) is 71.3 Å². The second kappa shape index (κ2) is 11.8. The van der Waals surface area contributed by atoms with Crippen LogP contribution in [0.1, 0.15) is 61.0 Å². The molecule has 166 valence electrons. The first-order valence-electron chi connectivity index (χ1n) is 11.3. The molecule has 1 amide bonds. The summed E-state index contributed by atoms with van der Waals surface area (Å²) in [5, 5.41) is 2.98. The van der Waals surface area contributed by atoms with Crippen LogP contribution in [0.5, 0.6) is 0 Å². The third-order valence-electron chi connectivity index (χ3n) is 5.57. The van der Waals surface area contributed by atoms with E-state index in [0.29, 0.717) is 19.4 Å². The summed E-state index contributed by atoms with van der Waals surface area (Å²) >= 11 is 0. The topological polar surface area (TPSA) is 58.6 Å². The normalized spacial score (nSPS) is 19.2. The highest BCUT2D eigenvalue weighted by Crippen LogP contribution is 2.15. The van der Waals surface area contributed by atoms with Gasteiger partial charge in [-0.05, 0) is 37.8 Å². The first-order chi connectivity index (χ1) is 15.0.